The van der Waals surface area contributed by atoms with E-state index in [0.29, 0.717) is 12.4 Å². The Balaban J connectivity index is 1.45. The zero-order valence-electron chi connectivity index (χ0n) is 16.9. The van der Waals surface area contributed by atoms with E-state index in [2.05, 4.69) is 72.4 Å². The molecular formula is C24H24N4O. The van der Waals surface area contributed by atoms with Crippen molar-refractivity contribution < 1.29 is 4.74 Å². The second kappa shape index (κ2) is 7.87. The molecule has 0 aliphatic heterocycles. The lowest BCUT2D eigenvalue weighted by molar-refractivity contribution is 0.306. The molecule has 0 saturated heterocycles. The zero-order chi connectivity index (χ0) is 20.3. The highest BCUT2D eigenvalue weighted by molar-refractivity contribution is 5.40. The highest BCUT2D eigenvalue weighted by atomic mass is 16.5. The fraction of sp³-hybridized carbons (Fsp3) is 0.208. The highest BCUT2D eigenvalue weighted by Gasteiger charge is 2.22. The van der Waals surface area contributed by atoms with Crippen molar-refractivity contribution in [2.24, 2.45) is 0 Å². The average Bonchev–Trinajstić information content (AvgIpc) is 3.28. The maximum Gasteiger partial charge on any atom is 0.174 e. The summed E-state index contributed by atoms with van der Waals surface area (Å²) in [6.45, 7) is 7.06. The van der Waals surface area contributed by atoms with Crippen LogP contribution in [-0.4, -0.2) is 20.0 Å². The molecule has 4 aromatic rings. The number of ether oxygens (including phenoxy) is 1. The molecule has 0 atom stereocenters. The molecule has 29 heavy (non-hydrogen) atoms. The number of benzene rings is 2. The smallest absolute Gasteiger partial charge is 0.174 e. The van der Waals surface area contributed by atoms with Gasteiger partial charge >= 0.3 is 0 Å². The molecule has 5 nitrogen and oxygen atoms in total. The Morgan fingerprint density at radius 3 is 2.10 bits per heavy atom. The summed E-state index contributed by atoms with van der Waals surface area (Å²) in [6.07, 6.45) is 5.00. The SMILES string of the molecule is Cc1ccc(C(C)(C)c2ccc(OCc3ccnc(-n4nccn4)c3)cc2)cc1. The molecule has 0 unspecified atom stereocenters. The van der Waals surface area contributed by atoms with Gasteiger partial charge in [-0.25, -0.2) is 4.98 Å². The van der Waals surface area contributed by atoms with Crippen LogP contribution < -0.4 is 4.74 Å². The third kappa shape index (κ3) is 4.19. The van der Waals surface area contributed by atoms with E-state index in [1.54, 1.807) is 18.6 Å². The van der Waals surface area contributed by atoms with Crippen LogP contribution in [0.4, 0.5) is 0 Å². The van der Waals surface area contributed by atoms with Crippen molar-refractivity contribution in [2.75, 3.05) is 0 Å². The number of nitrogens with zero attached hydrogens (tertiary/aromatic N) is 4. The van der Waals surface area contributed by atoms with Crippen LogP contribution in [0.1, 0.15) is 36.1 Å². The van der Waals surface area contributed by atoms with Gasteiger partial charge < -0.3 is 4.74 Å². The van der Waals surface area contributed by atoms with Gasteiger partial charge in [-0.05, 0) is 47.9 Å². The van der Waals surface area contributed by atoms with Gasteiger partial charge in [0.2, 0.25) is 0 Å². The second-order valence-electron chi connectivity index (χ2n) is 7.64. The number of hydrogen-bond donors (Lipinski definition) is 0. The second-order valence-corrected chi connectivity index (χ2v) is 7.64. The summed E-state index contributed by atoms with van der Waals surface area (Å²) in [6, 6.07) is 20.9. The van der Waals surface area contributed by atoms with Crippen LogP contribution >= 0.6 is 0 Å². The van der Waals surface area contributed by atoms with Crippen molar-refractivity contribution in [3.05, 3.63) is 102 Å². The third-order valence-electron chi connectivity index (χ3n) is 5.19. The van der Waals surface area contributed by atoms with Gasteiger partial charge in [0, 0.05) is 11.6 Å². The molecule has 0 fully saturated rings. The first-order valence-electron chi connectivity index (χ1n) is 9.64. The van der Waals surface area contributed by atoms with Gasteiger partial charge in [-0.3, -0.25) is 0 Å². The fourth-order valence-corrected chi connectivity index (χ4v) is 3.27. The normalized spacial score (nSPS) is 11.4. The molecule has 0 aliphatic rings. The third-order valence-corrected chi connectivity index (χ3v) is 5.19. The van der Waals surface area contributed by atoms with Crippen molar-refractivity contribution in [1.29, 1.82) is 0 Å². The Labute approximate surface area is 171 Å². The van der Waals surface area contributed by atoms with E-state index >= 15 is 0 Å². The Bertz CT molecular complexity index is 1070. The van der Waals surface area contributed by atoms with Crippen molar-refractivity contribution >= 4 is 0 Å². The van der Waals surface area contributed by atoms with E-state index < -0.39 is 0 Å². The van der Waals surface area contributed by atoms with Crippen molar-refractivity contribution in [1.82, 2.24) is 20.0 Å². The molecular weight excluding hydrogens is 360 g/mol. The van der Waals surface area contributed by atoms with Crippen LogP contribution in [0.5, 0.6) is 5.75 Å². The van der Waals surface area contributed by atoms with Gasteiger partial charge in [0.1, 0.15) is 12.4 Å². The average molecular weight is 384 g/mol. The molecule has 0 amide bonds. The molecule has 0 N–H and O–H groups in total. The molecule has 0 saturated carbocycles. The zero-order valence-corrected chi connectivity index (χ0v) is 16.9. The predicted octanol–water partition coefficient (Wildman–Crippen LogP) is 4.88. The summed E-state index contributed by atoms with van der Waals surface area (Å²) >= 11 is 0. The maximum atomic E-state index is 5.98. The number of aromatic nitrogens is 4. The van der Waals surface area contributed by atoms with Crippen molar-refractivity contribution in [2.45, 2.75) is 32.8 Å². The topological polar surface area (TPSA) is 52.8 Å². The summed E-state index contributed by atoms with van der Waals surface area (Å²) in [4.78, 5) is 5.78. The Morgan fingerprint density at radius 1 is 0.828 bits per heavy atom. The summed E-state index contributed by atoms with van der Waals surface area (Å²) < 4.78 is 5.98. The standard InChI is InChI=1S/C24H24N4O/c1-18-4-6-20(7-5-18)24(2,3)21-8-10-22(11-9-21)29-17-19-12-13-25-23(16-19)28-26-14-15-27-28/h4-16H,17H2,1-3H3. The highest BCUT2D eigenvalue weighted by Crippen LogP contribution is 2.32. The maximum absolute atomic E-state index is 5.98. The monoisotopic (exact) mass is 384 g/mol. The molecule has 0 bridgehead atoms. The summed E-state index contributed by atoms with van der Waals surface area (Å²) in [7, 11) is 0. The molecule has 2 aromatic heterocycles. The number of pyridine rings is 1. The largest absolute Gasteiger partial charge is 0.489 e. The predicted molar refractivity (Wildman–Crippen MR) is 113 cm³/mol. The Morgan fingerprint density at radius 2 is 1.45 bits per heavy atom. The van der Waals surface area contributed by atoms with Crippen molar-refractivity contribution in [3.63, 3.8) is 0 Å². The lowest BCUT2D eigenvalue weighted by Crippen LogP contribution is -2.18. The lowest BCUT2D eigenvalue weighted by atomic mass is 9.78. The molecule has 0 spiro atoms. The van der Waals surface area contributed by atoms with Gasteiger partial charge in [-0.1, -0.05) is 55.8 Å². The minimum Gasteiger partial charge on any atom is -0.489 e. The number of aryl methyl sites for hydroxylation is 1. The Kier molecular flexibility index (Phi) is 5.12. The van der Waals surface area contributed by atoms with Gasteiger partial charge in [0.15, 0.2) is 5.82 Å². The fourth-order valence-electron chi connectivity index (χ4n) is 3.27. The van der Waals surface area contributed by atoms with Gasteiger partial charge in [-0.15, -0.1) is 4.80 Å². The van der Waals surface area contributed by atoms with E-state index in [1.165, 1.54) is 21.5 Å². The first-order chi connectivity index (χ1) is 14.0. The summed E-state index contributed by atoms with van der Waals surface area (Å²) in [5.74, 6) is 1.51. The van der Waals surface area contributed by atoms with Gasteiger partial charge in [0.25, 0.3) is 0 Å². The van der Waals surface area contributed by atoms with Crippen LogP contribution in [0.2, 0.25) is 0 Å². The van der Waals surface area contributed by atoms with Crippen molar-refractivity contribution in [3.8, 4) is 11.6 Å². The van der Waals surface area contributed by atoms with Crippen LogP contribution in [0.3, 0.4) is 0 Å². The van der Waals surface area contributed by atoms with E-state index in [9.17, 15) is 0 Å². The molecule has 146 valence electrons. The summed E-state index contributed by atoms with van der Waals surface area (Å²) in [5.41, 5.74) is 4.77. The van der Waals surface area contributed by atoms with Crippen LogP contribution in [0, 0.1) is 6.92 Å². The number of hydrogen-bond acceptors (Lipinski definition) is 4. The van der Waals surface area contributed by atoms with Crippen LogP contribution in [-0.2, 0) is 12.0 Å². The minimum atomic E-state index is -0.0665. The minimum absolute atomic E-state index is 0.0665. The molecule has 0 radical (unpaired) electrons. The first-order valence-corrected chi connectivity index (χ1v) is 9.64. The number of rotatable bonds is 6. The van der Waals surface area contributed by atoms with Crippen LogP contribution in [0.25, 0.3) is 5.82 Å². The van der Waals surface area contributed by atoms with E-state index in [1.807, 2.05) is 24.3 Å². The lowest BCUT2D eigenvalue weighted by Gasteiger charge is -2.26. The first kappa shape index (κ1) is 18.9. The molecule has 4 rings (SSSR count). The molecule has 2 aromatic carbocycles. The molecule has 0 aliphatic carbocycles. The Hall–Kier alpha value is -3.47. The molecule has 5 heteroatoms. The summed E-state index contributed by atoms with van der Waals surface area (Å²) in [5, 5.41) is 8.22. The van der Waals surface area contributed by atoms with E-state index in [0.717, 1.165) is 11.3 Å². The van der Waals surface area contributed by atoms with Gasteiger partial charge in [0.05, 0.1) is 12.4 Å². The quantitative estimate of drug-likeness (QED) is 0.476. The molecule has 2 heterocycles. The van der Waals surface area contributed by atoms with E-state index in [-0.39, 0.29) is 5.41 Å². The van der Waals surface area contributed by atoms with Gasteiger partial charge in [-0.2, -0.15) is 10.2 Å². The van der Waals surface area contributed by atoms with E-state index in [4.69, 9.17) is 4.74 Å². The van der Waals surface area contributed by atoms with Crippen LogP contribution in [0.15, 0.2) is 79.3 Å².